The number of rotatable bonds is 4. The molecule has 6 heteroatoms. The summed E-state index contributed by atoms with van der Waals surface area (Å²) in [5.74, 6) is -2.52. The van der Waals surface area contributed by atoms with Gasteiger partial charge in [-0.15, -0.1) is 0 Å². The number of hydrogen-bond donors (Lipinski definition) is 2. The zero-order valence-electron chi connectivity index (χ0n) is 11.0. The minimum atomic E-state index is -1.34. The fraction of sp³-hybridized carbons (Fsp3) is 0.133. The van der Waals surface area contributed by atoms with Gasteiger partial charge in [0, 0.05) is 16.3 Å². The van der Waals surface area contributed by atoms with Crippen molar-refractivity contribution in [2.45, 2.75) is 13.0 Å². The predicted octanol–water partition coefficient (Wildman–Crippen LogP) is 4.16. The molecular formula is C15H12ClF2NO2. The number of halogens is 3. The minimum absolute atomic E-state index is 0.0752. The summed E-state index contributed by atoms with van der Waals surface area (Å²) in [4.78, 5) is 11.4. The molecule has 0 saturated heterocycles. The molecule has 1 unspecified atom stereocenters. The molecule has 0 heterocycles. The van der Waals surface area contributed by atoms with Crippen molar-refractivity contribution in [2.75, 3.05) is 5.32 Å². The lowest BCUT2D eigenvalue weighted by Gasteiger charge is -2.17. The third-order valence-corrected chi connectivity index (χ3v) is 3.11. The molecule has 0 fully saturated rings. The Balaban J connectivity index is 2.37. The van der Waals surface area contributed by atoms with Crippen molar-refractivity contribution in [3.63, 3.8) is 0 Å². The molecule has 2 aromatic rings. The van der Waals surface area contributed by atoms with Crippen molar-refractivity contribution in [3.05, 3.63) is 64.2 Å². The van der Waals surface area contributed by atoms with E-state index >= 15 is 0 Å². The van der Waals surface area contributed by atoms with Crippen molar-refractivity contribution in [1.29, 1.82) is 0 Å². The van der Waals surface area contributed by atoms with Crippen LogP contribution in [0.3, 0.4) is 0 Å². The Hall–Kier alpha value is -2.14. The third kappa shape index (κ3) is 3.70. The van der Waals surface area contributed by atoms with Gasteiger partial charge in [0.2, 0.25) is 0 Å². The van der Waals surface area contributed by atoms with Crippen molar-refractivity contribution in [3.8, 4) is 0 Å². The van der Waals surface area contributed by atoms with Crippen molar-refractivity contribution >= 4 is 23.3 Å². The van der Waals surface area contributed by atoms with E-state index in [1.807, 2.05) is 0 Å². The van der Waals surface area contributed by atoms with E-state index in [2.05, 4.69) is 5.32 Å². The van der Waals surface area contributed by atoms with Gasteiger partial charge < -0.3 is 10.4 Å². The van der Waals surface area contributed by atoms with Gasteiger partial charge in [-0.2, -0.15) is 0 Å². The smallest absolute Gasteiger partial charge is 0.330 e. The SMILES string of the molecule is Cc1cc(F)cc(NC(C(=O)O)c2ccc(Cl)cc2F)c1. The molecule has 0 amide bonds. The first-order valence-electron chi connectivity index (χ1n) is 6.08. The predicted molar refractivity (Wildman–Crippen MR) is 76.5 cm³/mol. The van der Waals surface area contributed by atoms with Gasteiger partial charge in [0.05, 0.1) is 0 Å². The van der Waals surface area contributed by atoms with Gasteiger partial charge in [0.1, 0.15) is 11.6 Å². The van der Waals surface area contributed by atoms with E-state index in [1.54, 1.807) is 13.0 Å². The normalized spacial score (nSPS) is 12.0. The molecule has 0 aromatic heterocycles. The first-order chi connectivity index (χ1) is 9.86. The van der Waals surface area contributed by atoms with E-state index in [9.17, 15) is 18.7 Å². The number of carboxylic acid groups (broad SMARTS) is 1. The monoisotopic (exact) mass is 311 g/mol. The van der Waals surface area contributed by atoms with Crippen LogP contribution >= 0.6 is 11.6 Å². The average molecular weight is 312 g/mol. The summed E-state index contributed by atoms with van der Waals surface area (Å²) in [6.45, 7) is 1.67. The number of aliphatic carboxylic acids is 1. The Bertz CT molecular complexity index is 671. The molecule has 0 aliphatic rings. The highest BCUT2D eigenvalue weighted by atomic mass is 35.5. The number of anilines is 1. The minimum Gasteiger partial charge on any atom is -0.479 e. The van der Waals surface area contributed by atoms with Crippen molar-refractivity contribution in [1.82, 2.24) is 0 Å². The molecule has 1 atom stereocenters. The Labute approximate surface area is 125 Å². The van der Waals surface area contributed by atoms with E-state index in [4.69, 9.17) is 11.6 Å². The summed E-state index contributed by atoms with van der Waals surface area (Å²) >= 11 is 5.65. The van der Waals surface area contributed by atoms with Crippen LogP contribution in [-0.4, -0.2) is 11.1 Å². The van der Waals surface area contributed by atoms with Crippen LogP contribution in [0.1, 0.15) is 17.2 Å². The fourth-order valence-corrected chi connectivity index (χ4v) is 2.15. The molecular weight excluding hydrogens is 300 g/mol. The van der Waals surface area contributed by atoms with Gasteiger partial charge >= 0.3 is 5.97 Å². The highest BCUT2D eigenvalue weighted by molar-refractivity contribution is 6.30. The fourth-order valence-electron chi connectivity index (χ4n) is 1.99. The molecule has 2 aromatic carbocycles. The first-order valence-corrected chi connectivity index (χ1v) is 6.46. The Morgan fingerprint density at radius 1 is 1.24 bits per heavy atom. The zero-order valence-corrected chi connectivity index (χ0v) is 11.8. The van der Waals surface area contributed by atoms with Gasteiger partial charge in [0.15, 0.2) is 6.04 Å². The largest absolute Gasteiger partial charge is 0.479 e. The average Bonchev–Trinajstić information content (AvgIpc) is 2.35. The molecule has 0 spiro atoms. The van der Waals surface area contributed by atoms with Crippen LogP contribution in [0.25, 0.3) is 0 Å². The summed E-state index contributed by atoms with van der Waals surface area (Å²) in [7, 11) is 0. The summed E-state index contributed by atoms with van der Waals surface area (Å²) in [5, 5.41) is 12.0. The molecule has 3 nitrogen and oxygen atoms in total. The Kier molecular flexibility index (Phi) is 4.43. The van der Waals surface area contributed by atoms with Gasteiger partial charge in [-0.25, -0.2) is 13.6 Å². The van der Waals surface area contributed by atoms with Gasteiger partial charge in [0.25, 0.3) is 0 Å². The summed E-state index contributed by atoms with van der Waals surface area (Å²) < 4.78 is 27.2. The van der Waals surface area contributed by atoms with Crippen molar-refractivity contribution in [2.24, 2.45) is 0 Å². The maximum Gasteiger partial charge on any atom is 0.330 e. The molecule has 21 heavy (non-hydrogen) atoms. The summed E-state index contributed by atoms with van der Waals surface area (Å²) in [6.07, 6.45) is 0. The standard InChI is InChI=1S/C15H12ClF2NO2/c1-8-4-10(17)7-11(5-8)19-14(15(20)21)12-3-2-9(16)6-13(12)18/h2-7,14,19H,1H3,(H,20,21). The second-order valence-electron chi connectivity index (χ2n) is 4.60. The number of aryl methyl sites for hydroxylation is 1. The molecule has 2 rings (SSSR count). The van der Waals surface area contributed by atoms with Crippen LogP contribution in [0.4, 0.5) is 14.5 Å². The maximum atomic E-state index is 13.9. The van der Waals surface area contributed by atoms with Crippen LogP contribution in [0.5, 0.6) is 0 Å². The van der Waals surface area contributed by atoms with Gasteiger partial charge in [-0.05, 0) is 42.8 Å². The lowest BCUT2D eigenvalue weighted by Crippen LogP contribution is -2.21. The molecule has 2 N–H and O–H groups in total. The highest BCUT2D eigenvalue weighted by Gasteiger charge is 2.23. The number of hydrogen-bond acceptors (Lipinski definition) is 2. The topological polar surface area (TPSA) is 49.3 Å². The molecule has 0 aliphatic heterocycles. The van der Waals surface area contributed by atoms with Crippen LogP contribution in [0, 0.1) is 18.6 Å². The second kappa shape index (κ2) is 6.10. The highest BCUT2D eigenvalue weighted by Crippen LogP contribution is 2.25. The zero-order chi connectivity index (χ0) is 15.6. The van der Waals surface area contributed by atoms with Crippen molar-refractivity contribution < 1.29 is 18.7 Å². The van der Waals surface area contributed by atoms with E-state index in [0.29, 0.717) is 5.56 Å². The van der Waals surface area contributed by atoms with E-state index < -0.39 is 23.6 Å². The lowest BCUT2D eigenvalue weighted by atomic mass is 10.1. The molecule has 0 radical (unpaired) electrons. The quantitative estimate of drug-likeness (QED) is 0.891. The van der Waals surface area contributed by atoms with E-state index in [0.717, 1.165) is 12.1 Å². The number of nitrogens with one attached hydrogen (secondary N) is 1. The van der Waals surface area contributed by atoms with E-state index in [1.165, 1.54) is 18.2 Å². The van der Waals surface area contributed by atoms with E-state index in [-0.39, 0.29) is 16.3 Å². The summed E-state index contributed by atoms with van der Waals surface area (Å²) in [5.41, 5.74) is 0.807. The van der Waals surface area contributed by atoms with Gasteiger partial charge in [-0.1, -0.05) is 17.7 Å². The molecule has 110 valence electrons. The lowest BCUT2D eigenvalue weighted by molar-refractivity contribution is -0.138. The number of carbonyl (C=O) groups is 1. The van der Waals surface area contributed by atoms with Crippen LogP contribution < -0.4 is 5.32 Å². The maximum absolute atomic E-state index is 13.9. The summed E-state index contributed by atoms with van der Waals surface area (Å²) in [6, 6.07) is 6.41. The third-order valence-electron chi connectivity index (χ3n) is 2.87. The first kappa shape index (κ1) is 15.3. The molecule has 0 bridgehead atoms. The molecule has 0 saturated carbocycles. The van der Waals surface area contributed by atoms with Crippen LogP contribution in [0.2, 0.25) is 5.02 Å². The second-order valence-corrected chi connectivity index (χ2v) is 5.04. The van der Waals surface area contributed by atoms with Crippen LogP contribution in [-0.2, 0) is 4.79 Å². The van der Waals surface area contributed by atoms with Gasteiger partial charge in [-0.3, -0.25) is 0 Å². The number of carboxylic acids is 1. The Morgan fingerprint density at radius 3 is 2.52 bits per heavy atom. The van der Waals surface area contributed by atoms with Crippen LogP contribution in [0.15, 0.2) is 36.4 Å². The molecule has 0 aliphatic carbocycles. The number of benzene rings is 2. The Morgan fingerprint density at radius 2 is 1.95 bits per heavy atom.